The second-order valence-electron chi connectivity index (χ2n) is 8.52. The fourth-order valence-corrected chi connectivity index (χ4v) is 4.13. The van der Waals surface area contributed by atoms with Crippen molar-refractivity contribution in [2.45, 2.75) is 52.1 Å². The molecule has 0 radical (unpaired) electrons. The largest absolute Gasteiger partial charge is 0.384 e. The Morgan fingerprint density at radius 3 is 2.69 bits per heavy atom. The molecule has 2 heterocycles. The third-order valence-corrected chi connectivity index (χ3v) is 5.96. The second-order valence-corrected chi connectivity index (χ2v) is 8.92. The predicted molar refractivity (Wildman–Crippen MR) is 122 cm³/mol. The maximum atomic E-state index is 12.9. The monoisotopic (exact) mass is 461 g/mol. The summed E-state index contributed by atoms with van der Waals surface area (Å²) in [5.41, 5.74) is 0.833. The predicted octanol–water partition coefficient (Wildman–Crippen LogP) is 2.80. The van der Waals surface area contributed by atoms with Crippen molar-refractivity contribution in [2.75, 3.05) is 26.8 Å². The minimum atomic E-state index is -0.231. The van der Waals surface area contributed by atoms with E-state index >= 15 is 0 Å². The zero-order chi connectivity index (χ0) is 23.1. The van der Waals surface area contributed by atoms with Gasteiger partial charge >= 0.3 is 0 Å². The van der Waals surface area contributed by atoms with Gasteiger partial charge in [-0.2, -0.15) is 0 Å². The van der Waals surface area contributed by atoms with E-state index < -0.39 is 0 Å². The molecule has 1 N–H and O–H groups in total. The van der Waals surface area contributed by atoms with Crippen molar-refractivity contribution in [3.8, 4) is 0 Å². The Labute approximate surface area is 194 Å². The summed E-state index contributed by atoms with van der Waals surface area (Å²) in [6.07, 6.45) is 1.95. The molecule has 1 aliphatic heterocycles. The van der Waals surface area contributed by atoms with Gasteiger partial charge in [-0.3, -0.25) is 9.59 Å². The maximum absolute atomic E-state index is 12.9. The zero-order valence-corrected chi connectivity index (χ0v) is 19.8. The quantitative estimate of drug-likeness (QED) is 0.620. The number of halogens is 1. The van der Waals surface area contributed by atoms with E-state index in [1.165, 1.54) is 0 Å². The Morgan fingerprint density at radius 1 is 1.19 bits per heavy atom. The molecule has 0 saturated carbocycles. The van der Waals surface area contributed by atoms with E-state index in [0.29, 0.717) is 50.0 Å². The third-order valence-electron chi connectivity index (χ3n) is 5.59. The maximum Gasteiger partial charge on any atom is 0.227 e. The van der Waals surface area contributed by atoms with Crippen molar-refractivity contribution in [2.24, 2.45) is 5.92 Å². The van der Waals surface area contributed by atoms with Gasteiger partial charge in [0.15, 0.2) is 5.82 Å². The Morgan fingerprint density at radius 2 is 1.97 bits per heavy atom. The number of ether oxygens (including phenoxy) is 1. The summed E-state index contributed by atoms with van der Waals surface area (Å²) in [5, 5.41) is 12.5. The van der Waals surface area contributed by atoms with Crippen molar-refractivity contribution >= 4 is 23.4 Å². The van der Waals surface area contributed by atoms with Crippen LogP contribution in [0.4, 0.5) is 0 Å². The number of rotatable bonds is 9. The molecular weight excluding hydrogens is 430 g/mol. The molecule has 0 saturated heterocycles. The summed E-state index contributed by atoms with van der Waals surface area (Å²) >= 11 is 6.23. The molecule has 0 spiro atoms. The van der Waals surface area contributed by atoms with E-state index in [1.807, 2.05) is 23.1 Å². The first-order valence-electron chi connectivity index (χ1n) is 11.1. The highest BCUT2D eigenvalue weighted by atomic mass is 35.5. The fraction of sp³-hybridized carbons (Fsp3) is 0.565. The highest BCUT2D eigenvalue weighted by Gasteiger charge is 2.27. The Hall–Kier alpha value is -2.45. The van der Waals surface area contributed by atoms with Crippen LogP contribution in [-0.2, 0) is 33.7 Å². The Balaban J connectivity index is 1.70. The average Bonchev–Trinajstić information content (AvgIpc) is 3.04. The van der Waals surface area contributed by atoms with Crippen molar-refractivity contribution in [1.82, 2.24) is 25.0 Å². The smallest absolute Gasteiger partial charge is 0.227 e. The van der Waals surface area contributed by atoms with E-state index in [4.69, 9.17) is 16.3 Å². The first-order valence-corrected chi connectivity index (χ1v) is 11.5. The van der Waals surface area contributed by atoms with Crippen LogP contribution in [0.3, 0.4) is 0 Å². The highest BCUT2D eigenvalue weighted by molar-refractivity contribution is 6.31. The summed E-state index contributed by atoms with van der Waals surface area (Å²) in [6.45, 7) is 6.34. The van der Waals surface area contributed by atoms with Gasteiger partial charge in [0.05, 0.1) is 19.1 Å². The van der Waals surface area contributed by atoms with Crippen molar-refractivity contribution in [3.63, 3.8) is 0 Å². The third kappa shape index (κ3) is 6.29. The van der Waals surface area contributed by atoms with Crippen LogP contribution in [-0.4, -0.2) is 58.3 Å². The van der Waals surface area contributed by atoms with E-state index in [0.717, 1.165) is 23.6 Å². The van der Waals surface area contributed by atoms with Gasteiger partial charge in [-0.25, -0.2) is 0 Å². The summed E-state index contributed by atoms with van der Waals surface area (Å²) in [5.74, 6) is 1.94. The van der Waals surface area contributed by atoms with Crippen LogP contribution in [0, 0.1) is 5.92 Å². The van der Waals surface area contributed by atoms with Crippen LogP contribution in [0.2, 0.25) is 5.02 Å². The minimum absolute atomic E-state index is 0.0463. The lowest BCUT2D eigenvalue weighted by Gasteiger charge is -2.22. The van der Waals surface area contributed by atoms with Crippen molar-refractivity contribution in [1.29, 1.82) is 0 Å². The second kappa shape index (κ2) is 11.4. The van der Waals surface area contributed by atoms with E-state index in [9.17, 15) is 9.59 Å². The lowest BCUT2D eigenvalue weighted by atomic mass is 10.0. The average molecular weight is 462 g/mol. The number of nitrogens with one attached hydrogen (secondary N) is 1. The van der Waals surface area contributed by atoms with Gasteiger partial charge in [0.2, 0.25) is 11.8 Å². The van der Waals surface area contributed by atoms with E-state index in [2.05, 4.69) is 33.9 Å². The molecule has 174 valence electrons. The zero-order valence-electron chi connectivity index (χ0n) is 19.0. The van der Waals surface area contributed by atoms with Gasteiger partial charge in [0.1, 0.15) is 5.82 Å². The Kier molecular flexibility index (Phi) is 8.64. The molecule has 1 aromatic carbocycles. The van der Waals surface area contributed by atoms with Crippen molar-refractivity contribution < 1.29 is 14.3 Å². The number of hydrogen-bond donors (Lipinski definition) is 1. The molecule has 3 rings (SSSR count). The van der Waals surface area contributed by atoms with Crippen LogP contribution in [0.5, 0.6) is 0 Å². The molecule has 9 heteroatoms. The molecular formula is C23H32ClN5O3. The number of methoxy groups -OCH3 is 1. The first-order chi connectivity index (χ1) is 15.4. The number of fused-ring (bicyclic) bond motifs is 1. The summed E-state index contributed by atoms with van der Waals surface area (Å²) in [7, 11) is 1.58. The summed E-state index contributed by atoms with van der Waals surface area (Å²) in [4.78, 5) is 27.1. The van der Waals surface area contributed by atoms with Gasteiger partial charge in [0.25, 0.3) is 0 Å². The van der Waals surface area contributed by atoms with Crippen LogP contribution < -0.4 is 5.32 Å². The van der Waals surface area contributed by atoms with Gasteiger partial charge in [0, 0.05) is 44.6 Å². The van der Waals surface area contributed by atoms with E-state index in [1.54, 1.807) is 13.2 Å². The fourth-order valence-electron chi connectivity index (χ4n) is 3.93. The molecule has 8 nitrogen and oxygen atoms in total. The first kappa shape index (κ1) is 24.2. The topological polar surface area (TPSA) is 89.3 Å². The molecule has 1 aromatic heterocycles. The molecule has 0 aliphatic carbocycles. The molecule has 32 heavy (non-hydrogen) atoms. The number of aromatic nitrogens is 3. The molecule has 1 unspecified atom stereocenters. The van der Waals surface area contributed by atoms with Gasteiger partial charge in [-0.05, 0) is 24.0 Å². The number of benzene rings is 1. The Bertz CT molecular complexity index is 930. The van der Waals surface area contributed by atoms with Crippen LogP contribution in [0.25, 0.3) is 0 Å². The van der Waals surface area contributed by atoms with Crippen molar-refractivity contribution in [3.05, 3.63) is 46.5 Å². The summed E-state index contributed by atoms with van der Waals surface area (Å²) in [6, 6.07) is 7.20. The molecule has 1 atom stereocenters. The van der Waals surface area contributed by atoms with E-state index in [-0.39, 0.29) is 24.3 Å². The van der Waals surface area contributed by atoms with Crippen LogP contribution in [0.15, 0.2) is 24.3 Å². The molecule has 2 aromatic rings. The summed E-state index contributed by atoms with van der Waals surface area (Å²) < 4.78 is 7.08. The number of hydrogen-bond acceptors (Lipinski definition) is 5. The lowest BCUT2D eigenvalue weighted by molar-refractivity contribution is -0.130. The number of nitrogens with zero attached hydrogens (tertiary/aromatic N) is 4. The lowest BCUT2D eigenvalue weighted by Crippen LogP contribution is -2.35. The molecule has 0 bridgehead atoms. The normalized spacial score (nSPS) is 14.7. The molecule has 2 amide bonds. The molecule has 1 aliphatic rings. The SMILES string of the molecule is COCCC(=O)NC(CC(C)C)c1nnc2n1CCN(C(=O)Cc1ccccc1Cl)CC2. The number of carbonyl (C=O) groups excluding carboxylic acids is 2. The molecule has 0 fully saturated rings. The number of carbonyl (C=O) groups is 2. The number of amides is 2. The van der Waals surface area contributed by atoms with Gasteiger partial charge in [-0.15, -0.1) is 10.2 Å². The highest BCUT2D eigenvalue weighted by Crippen LogP contribution is 2.23. The van der Waals surface area contributed by atoms with Gasteiger partial charge < -0.3 is 19.5 Å². The standard InChI is InChI=1S/C23H32ClN5O3/c1-16(2)14-19(25-21(30)9-13-32-3)23-27-26-20-8-10-28(11-12-29(20)23)22(31)15-17-6-4-5-7-18(17)24/h4-7,16,19H,8-15H2,1-3H3,(H,25,30). The van der Waals surface area contributed by atoms with Crippen LogP contribution in [0.1, 0.15) is 49.9 Å². The van der Waals surface area contributed by atoms with Crippen LogP contribution >= 0.6 is 11.6 Å². The van der Waals surface area contributed by atoms with Gasteiger partial charge in [-0.1, -0.05) is 43.6 Å². The minimum Gasteiger partial charge on any atom is -0.384 e.